The minimum absolute atomic E-state index is 0.0569. The van der Waals surface area contributed by atoms with Gasteiger partial charge in [-0.2, -0.15) is 0 Å². The summed E-state index contributed by atoms with van der Waals surface area (Å²) in [7, 11) is 0. The molecule has 0 aliphatic heterocycles. The fourth-order valence-corrected chi connectivity index (χ4v) is 3.96. The molecule has 0 spiro atoms. The maximum atomic E-state index is 13.4. The molecule has 0 saturated heterocycles. The van der Waals surface area contributed by atoms with Gasteiger partial charge in [-0.1, -0.05) is 0 Å². The fraction of sp³-hybridized carbons (Fsp3) is 0.222. The molecule has 0 bridgehead atoms. The lowest BCUT2D eigenvalue weighted by molar-refractivity contribution is -0.143. The van der Waals surface area contributed by atoms with Crippen LogP contribution in [0.15, 0.2) is 55.0 Å². The number of ether oxygens (including phenoxy) is 2. The van der Waals surface area contributed by atoms with E-state index in [1.807, 2.05) is 0 Å². The molecule has 4 aromatic heterocycles. The Morgan fingerprint density at radius 3 is 1.90 bits per heavy atom. The normalized spacial score (nSPS) is 10.7. The molecule has 13 nitrogen and oxygen atoms in total. The fourth-order valence-electron chi connectivity index (χ4n) is 3.96. The number of amides is 2. The molecule has 0 aliphatic rings. The minimum atomic E-state index is -0.822. The first-order chi connectivity index (χ1) is 19.3. The van der Waals surface area contributed by atoms with Gasteiger partial charge in [-0.3, -0.25) is 29.3 Å². The van der Waals surface area contributed by atoms with Crippen LogP contribution in [0.3, 0.4) is 0 Å². The standard InChI is InChI=1S/C27H26N6O7/c1-3-39-21(34)14-18-16(8-5-11-28-18)31-25(36)23-24-20(10-7-13-30-24)33(26(23)37)27(38)32-17-9-6-12-29-19(17)15-22(35)40-4-2/h5-13,37H,3-4,14-15H2,1-2H3,(H,31,36)(H,32,38). The number of rotatable bonds is 9. The third-order valence-electron chi connectivity index (χ3n) is 5.63. The number of hydrogen-bond acceptors (Lipinski definition) is 10. The van der Waals surface area contributed by atoms with Gasteiger partial charge in [-0.15, -0.1) is 0 Å². The third kappa shape index (κ3) is 6.04. The van der Waals surface area contributed by atoms with Gasteiger partial charge in [-0.05, 0) is 50.2 Å². The van der Waals surface area contributed by atoms with Crippen molar-refractivity contribution in [2.45, 2.75) is 26.7 Å². The summed E-state index contributed by atoms with van der Waals surface area (Å²) in [6.45, 7) is 3.74. The molecule has 0 radical (unpaired) electrons. The molecule has 206 valence electrons. The van der Waals surface area contributed by atoms with Gasteiger partial charge in [0.1, 0.15) is 11.1 Å². The number of pyridine rings is 3. The van der Waals surface area contributed by atoms with Gasteiger partial charge in [0.25, 0.3) is 5.91 Å². The van der Waals surface area contributed by atoms with Crippen LogP contribution in [0.25, 0.3) is 11.0 Å². The summed E-state index contributed by atoms with van der Waals surface area (Å²) in [5.74, 6) is -2.50. The maximum absolute atomic E-state index is 13.4. The number of hydrogen-bond donors (Lipinski definition) is 3. The number of aromatic nitrogens is 4. The Bertz CT molecular complexity index is 1470. The molecule has 3 N–H and O–H groups in total. The molecule has 2 amide bonds. The van der Waals surface area contributed by atoms with Crippen molar-refractivity contribution in [1.82, 2.24) is 19.5 Å². The van der Waals surface area contributed by atoms with E-state index >= 15 is 0 Å². The number of nitrogens with one attached hydrogen (secondary N) is 2. The predicted molar refractivity (Wildman–Crippen MR) is 143 cm³/mol. The van der Waals surface area contributed by atoms with E-state index < -0.39 is 29.8 Å². The predicted octanol–water partition coefficient (Wildman–Crippen LogP) is 3.08. The van der Waals surface area contributed by atoms with Gasteiger partial charge in [0.2, 0.25) is 5.88 Å². The number of nitrogens with zero attached hydrogens (tertiary/aromatic N) is 4. The number of anilines is 2. The number of esters is 2. The topological polar surface area (TPSA) is 175 Å². The molecule has 4 heterocycles. The zero-order valence-corrected chi connectivity index (χ0v) is 21.7. The maximum Gasteiger partial charge on any atom is 0.333 e. The second-order valence-electron chi connectivity index (χ2n) is 8.25. The first-order valence-electron chi connectivity index (χ1n) is 12.3. The highest BCUT2D eigenvalue weighted by Gasteiger charge is 2.28. The Labute approximate surface area is 228 Å². The lowest BCUT2D eigenvalue weighted by Crippen LogP contribution is -2.21. The van der Waals surface area contributed by atoms with E-state index in [9.17, 15) is 24.3 Å². The second-order valence-corrected chi connectivity index (χ2v) is 8.25. The molecule has 4 rings (SSSR count). The Kier molecular flexibility index (Phi) is 8.64. The minimum Gasteiger partial charge on any atom is -0.493 e. The van der Waals surface area contributed by atoms with Crippen molar-refractivity contribution in [2.24, 2.45) is 0 Å². The zero-order valence-electron chi connectivity index (χ0n) is 21.7. The summed E-state index contributed by atoms with van der Waals surface area (Å²) in [6.07, 6.45) is 3.98. The van der Waals surface area contributed by atoms with Crippen LogP contribution in [0.2, 0.25) is 0 Å². The van der Waals surface area contributed by atoms with Crippen molar-refractivity contribution < 1.29 is 33.8 Å². The first-order valence-corrected chi connectivity index (χ1v) is 12.3. The van der Waals surface area contributed by atoms with Crippen LogP contribution in [0.5, 0.6) is 5.88 Å². The van der Waals surface area contributed by atoms with E-state index in [1.54, 1.807) is 44.2 Å². The highest BCUT2D eigenvalue weighted by molar-refractivity contribution is 6.16. The average Bonchev–Trinajstić information content (AvgIpc) is 3.23. The molecule has 0 aliphatic carbocycles. The van der Waals surface area contributed by atoms with Crippen molar-refractivity contribution in [3.63, 3.8) is 0 Å². The molecule has 0 aromatic carbocycles. The van der Waals surface area contributed by atoms with Crippen LogP contribution in [-0.4, -0.2) is 61.7 Å². The number of fused-ring (bicyclic) bond motifs is 1. The summed E-state index contributed by atoms with van der Waals surface area (Å²) in [6, 6.07) is 8.46. The number of carbonyl (C=O) groups is 4. The molecule has 0 atom stereocenters. The Morgan fingerprint density at radius 2 is 1.32 bits per heavy atom. The number of aromatic hydroxyl groups is 1. The second kappa shape index (κ2) is 12.5. The van der Waals surface area contributed by atoms with Crippen LogP contribution in [-0.2, 0) is 31.9 Å². The van der Waals surface area contributed by atoms with Gasteiger partial charge in [-0.25, -0.2) is 9.36 Å². The van der Waals surface area contributed by atoms with Gasteiger partial charge < -0.3 is 25.2 Å². The highest BCUT2D eigenvalue weighted by atomic mass is 16.5. The third-order valence-corrected chi connectivity index (χ3v) is 5.63. The monoisotopic (exact) mass is 546 g/mol. The van der Waals surface area contributed by atoms with Crippen LogP contribution in [0.1, 0.15) is 35.6 Å². The first kappa shape index (κ1) is 27.7. The molecular formula is C27H26N6O7. The number of carbonyl (C=O) groups excluding carboxylic acids is 4. The van der Waals surface area contributed by atoms with Crippen LogP contribution < -0.4 is 10.6 Å². The summed E-state index contributed by atoms with van der Waals surface area (Å²) in [4.78, 5) is 63.2. The Morgan fingerprint density at radius 1 is 0.800 bits per heavy atom. The van der Waals surface area contributed by atoms with Gasteiger partial charge in [0.15, 0.2) is 0 Å². The largest absolute Gasteiger partial charge is 0.493 e. The lowest BCUT2D eigenvalue weighted by Gasteiger charge is -2.12. The van der Waals surface area contributed by atoms with Gasteiger partial charge in [0.05, 0.1) is 54.3 Å². The van der Waals surface area contributed by atoms with Crippen molar-refractivity contribution in [1.29, 1.82) is 0 Å². The van der Waals surface area contributed by atoms with Crippen molar-refractivity contribution in [3.8, 4) is 5.88 Å². The summed E-state index contributed by atoms with van der Waals surface area (Å²) >= 11 is 0. The van der Waals surface area contributed by atoms with Gasteiger partial charge >= 0.3 is 18.0 Å². The lowest BCUT2D eigenvalue weighted by atomic mass is 10.2. The van der Waals surface area contributed by atoms with Crippen molar-refractivity contribution >= 4 is 46.3 Å². The molecule has 0 fully saturated rings. The van der Waals surface area contributed by atoms with Gasteiger partial charge in [0, 0.05) is 18.6 Å². The van der Waals surface area contributed by atoms with Crippen LogP contribution in [0.4, 0.5) is 16.2 Å². The quantitative estimate of drug-likeness (QED) is 0.265. The SMILES string of the molecule is CCOC(=O)Cc1ncccc1NC(=O)c1c(O)n(C(=O)Nc2cccnc2CC(=O)OCC)c2cccnc12. The summed E-state index contributed by atoms with van der Waals surface area (Å²) in [5.41, 5.74) is 0.893. The summed E-state index contributed by atoms with van der Waals surface area (Å²) < 4.78 is 10.8. The van der Waals surface area contributed by atoms with Crippen LogP contribution in [0, 0.1) is 0 Å². The van der Waals surface area contributed by atoms with E-state index in [0.29, 0.717) is 0 Å². The molecule has 0 unspecified atom stereocenters. The van der Waals surface area contributed by atoms with Crippen LogP contribution >= 0.6 is 0 Å². The van der Waals surface area contributed by atoms with E-state index in [2.05, 4.69) is 25.6 Å². The molecule has 0 saturated carbocycles. The summed E-state index contributed by atoms with van der Waals surface area (Å²) in [5, 5.41) is 16.4. The Hall–Kier alpha value is -5.33. The van der Waals surface area contributed by atoms with Crippen molar-refractivity contribution in [3.05, 3.63) is 71.9 Å². The smallest absolute Gasteiger partial charge is 0.333 e. The molecule has 4 aromatic rings. The van der Waals surface area contributed by atoms with E-state index in [-0.39, 0.29) is 65.4 Å². The zero-order chi connectivity index (χ0) is 28.6. The average molecular weight is 547 g/mol. The van der Waals surface area contributed by atoms with Crippen molar-refractivity contribution in [2.75, 3.05) is 23.8 Å². The Balaban J connectivity index is 1.66. The molecular weight excluding hydrogens is 520 g/mol. The van der Waals surface area contributed by atoms with E-state index in [0.717, 1.165) is 4.57 Å². The van der Waals surface area contributed by atoms with E-state index in [1.165, 1.54) is 24.7 Å². The highest BCUT2D eigenvalue weighted by Crippen LogP contribution is 2.31. The van der Waals surface area contributed by atoms with E-state index in [4.69, 9.17) is 9.47 Å². The molecule has 40 heavy (non-hydrogen) atoms. The molecule has 13 heteroatoms.